The molecular weight excluding hydrogens is 208 g/mol. The van der Waals surface area contributed by atoms with Crippen LogP contribution in [-0.2, 0) is 0 Å². The van der Waals surface area contributed by atoms with Gasteiger partial charge in [-0.25, -0.2) is 0 Å². The zero-order valence-corrected chi connectivity index (χ0v) is 9.01. The molecule has 5 nitrogen and oxygen atoms in total. The lowest BCUT2D eigenvalue weighted by atomic mass is 10.3. The minimum absolute atomic E-state index is 0.527. The third kappa shape index (κ3) is 2.08. The SMILES string of the molecule is COc1ccc(OC)c(On2cc[c]n2)c1. The number of nitrogens with zero attached hydrogens (tertiary/aromatic N) is 2. The number of benzene rings is 1. The first-order valence-electron chi connectivity index (χ1n) is 4.65. The molecule has 1 radical (unpaired) electrons. The summed E-state index contributed by atoms with van der Waals surface area (Å²) in [6.07, 6.45) is 4.27. The molecule has 0 atom stereocenters. The number of ether oxygens (including phenoxy) is 2. The van der Waals surface area contributed by atoms with Crippen molar-refractivity contribution >= 4 is 0 Å². The van der Waals surface area contributed by atoms with E-state index in [0.29, 0.717) is 17.2 Å². The summed E-state index contributed by atoms with van der Waals surface area (Å²) in [4.78, 5) is 6.74. The highest BCUT2D eigenvalue weighted by Crippen LogP contribution is 2.31. The summed E-state index contributed by atoms with van der Waals surface area (Å²) < 4.78 is 10.3. The van der Waals surface area contributed by atoms with E-state index in [2.05, 4.69) is 11.3 Å². The number of methoxy groups -OCH3 is 2. The van der Waals surface area contributed by atoms with Gasteiger partial charge in [0.05, 0.1) is 20.4 Å². The fraction of sp³-hybridized carbons (Fsp3) is 0.182. The third-order valence-electron chi connectivity index (χ3n) is 2.00. The maximum atomic E-state index is 5.45. The summed E-state index contributed by atoms with van der Waals surface area (Å²) in [5, 5.41) is 3.82. The van der Waals surface area contributed by atoms with Crippen molar-refractivity contribution in [2.75, 3.05) is 14.2 Å². The normalized spacial score (nSPS) is 9.88. The smallest absolute Gasteiger partial charge is 0.203 e. The summed E-state index contributed by atoms with van der Waals surface area (Å²) in [5.74, 6) is 1.82. The van der Waals surface area contributed by atoms with Crippen molar-refractivity contribution in [3.05, 3.63) is 36.7 Å². The molecule has 0 spiro atoms. The highest BCUT2D eigenvalue weighted by Gasteiger charge is 2.07. The van der Waals surface area contributed by atoms with Gasteiger partial charge in [-0.2, -0.15) is 0 Å². The number of hydrogen-bond donors (Lipinski definition) is 0. The Morgan fingerprint density at radius 1 is 1.19 bits per heavy atom. The lowest BCUT2D eigenvalue weighted by Crippen LogP contribution is -2.06. The number of aromatic nitrogens is 2. The molecule has 0 saturated carbocycles. The summed E-state index contributed by atoms with van der Waals surface area (Å²) in [5.41, 5.74) is 0. The van der Waals surface area contributed by atoms with Gasteiger partial charge in [0, 0.05) is 6.07 Å². The topological polar surface area (TPSA) is 45.5 Å². The van der Waals surface area contributed by atoms with E-state index in [-0.39, 0.29) is 0 Å². The van der Waals surface area contributed by atoms with Gasteiger partial charge in [-0.15, -0.1) is 5.10 Å². The standard InChI is InChI=1S/C11H11N2O3/c1-14-9-4-5-10(15-2)11(8-9)16-13-7-3-6-12-13/h3-5,7-8H,1-2H3. The molecule has 2 aromatic rings. The van der Waals surface area contributed by atoms with Crippen LogP contribution in [0.4, 0.5) is 0 Å². The lowest BCUT2D eigenvalue weighted by molar-refractivity contribution is 0.170. The molecule has 0 amide bonds. The van der Waals surface area contributed by atoms with Gasteiger partial charge in [-0.3, -0.25) is 0 Å². The van der Waals surface area contributed by atoms with Crippen LogP contribution >= 0.6 is 0 Å². The average molecular weight is 219 g/mol. The van der Waals surface area contributed by atoms with Gasteiger partial charge in [-0.05, 0) is 18.2 Å². The zero-order valence-electron chi connectivity index (χ0n) is 9.01. The summed E-state index contributed by atoms with van der Waals surface area (Å²) in [7, 11) is 3.16. The van der Waals surface area contributed by atoms with Crippen molar-refractivity contribution in [2.45, 2.75) is 0 Å². The first-order valence-corrected chi connectivity index (χ1v) is 4.65. The Labute approximate surface area is 93.1 Å². The predicted molar refractivity (Wildman–Crippen MR) is 56.6 cm³/mol. The largest absolute Gasteiger partial charge is 0.497 e. The van der Waals surface area contributed by atoms with Crippen LogP contribution in [0, 0.1) is 6.20 Å². The first-order chi connectivity index (χ1) is 7.83. The van der Waals surface area contributed by atoms with Gasteiger partial charge >= 0.3 is 0 Å². The van der Waals surface area contributed by atoms with Crippen molar-refractivity contribution in [1.29, 1.82) is 0 Å². The van der Waals surface area contributed by atoms with E-state index in [4.69, 9.17) is 14.3 Å². The first kappa shape index (κ1) is 10.4. The van der Waals surface area contributed by atoms with Crippen LogP contribution in [0.5, 0.6) is 17.2 Å². The molecule has 0 aliphatic carbocycles. The number of hydrogen-bond acceptors (Lipinski definition) is 4. The molecule has 16 heavy (non-hydrogen) atoms. The molecule has 2 rings (SSSR count). The number of rotatable bonds is 4. The van der Waals surface area contributed by atoms with Crippen LogP contribution in [0.1, 0.15) is 0 Å². The van der Waals surface area contributed by atoms with Crippen LogP contribution in [0.2, 0.25) is 0 Å². The fourth-order valence-corrected chi connectivity index (χ4v) is 1.23. The summed E-state index contributed by atoms with van der Waals surface area (Å²) in [6.45, 7) is 0. The van der Waals surface area contributed by atoms with E-state index in [1.807, 2.05) is 0 Å². The quantitative estimate of drug-likeness (QED) is 0.782. The van der Waals surface area contributed by atoms with Crippen molar-refractivity contribution < 1.29 is 14.3 Å². The van der Waals surface area contributed by atoms with Gasteiger partial charge in [0.1, 0.15) is 11.9 Å². The van der Waals surface area contributed by atoms with Crippen LogP contribution in [-0.4, -0.2) is 24.2 Å². The Morgan fingerprint density at radius 3 is 2.69 bits per heavy atom. The minimum atomic E-state index is 0.527. The Hall–Kier alpha value is -2.17. The predicted octanol–water partition coefficient (Wildman–Crippen LogP) is 1.54. The van der Waals surface area contributed by atoms with Gasteiger partial charge in [0.2, 0.25) is 5.75 Å². The highest BCUT2D eigenvalue weighted by molar-refractivity contribution is 5.45. The Bertz CT molecular complexity index is 454. The third-order valence-corrected chi connectivity index (χ3v) is 2.00. The fourth-order valence-electron chi connectivity index (χ4n) is 1.23. The molecule has 1 heterocycles. The molecule has 0 N–H and O–H groups in total. The molecule has 0 fully saturated rings. The molecular formula is C11H11N2O3. The molecule has 83 valence electrons. The molecule has 5 heteroatoms. The Kier molecular flexibility index (Phi) is 2.95. The summed E-state index contributed by atoms with van der Waals surface area (Å²) >= 11 is 0. The van der Waals surface area contributed by atoms with Crippen LogP contribution in [0.25, 0.3) is 0 Å². The molecule has 1 aromatic heterocycles. The van der Waals surface area contributed by atoms with Crippen molar-refractivity contribution in [1.82, 2.24) is 9.94 Å². The second kappa shape index (κ2) is 4.57. The molecule has 0 bridgehead atoms. The second-order valence-corrected chi connectivity index (χ2v) is 2.96. The zero-order chi connectivity index (χ0) is 11.4. The lowest BCUT2D eigenvalue weighted by Gasteiger charge is -2.10. The van der Waals surface area contributed by atoms with Crippen molar-refractivity contribution in [2.24, 2.45) is 0 Å². The Balaban J connectivity index is 2.30. The van der Waals surface area contributed by atoms with Crippen LogP contribution < -0.4 is 14.3 Å². The van der Waals surface area contributed by atoms with Gasteiger partial charge in [0.15, 0.2) is 5.75 Å². The van der Waals surface area contributed by atoms with E-state index >= 15 is 0 Å². The van der Waals surface area contributed by atoms with E-state index < -0.39 is 0 Å². The average Bonchev–Trinajstić information content (AvgIpc) is 2.82. The van der Waals surface area contributed by atoms with Gasteiger partial charge in [-0.1, -0.05) is 4.85 Å². The van der Waals surface area contributed by atoms with Gasteiger partial charge < -0.3 is 14.3 Å². The monoisotopic (exact) mass is 219 g/mol. The molecule has 0 aliphatic heterocycles. The Morgan fingerprint density at radius 2 is 2.06 bits per heavy atom. The molecule has 1 aromatic carbocycles. The maximum Gasteiger partial charge on any atom is 0.203 e. The van der Waals surface area contributed by atoms with Gasteiger partial charge in [0.25, 0.3) is 0 Å². The maximum absolute atomic E-state index is 5.45. The molecule has 0 unspecified atom stereocenters. The van der Waals surface area contributed by atoms with E-state index in [1.54, 1.807) is 44.7 Å². The molecule has 0 aliphatic rings. The van der Waals surface area contributed by atoms with E-state index in [9.17, 15) is 0 Å². The van der Waals surface area contributed by atoms with E-state index in [1.165, 1.54) is 4.85 Å². The van der Waals surface area contributed by atoms with Crippen LogP contribution in [0.3, 0.4) is 0 Å². The van der Waals surface area contributed by atoms with Crippen molar-refractivity contribution in [3.8, 4) is 17.2 Å². The highest BCUT2D eigenvalue weighted by atomic mass is 16.7. The van der Waals surface area contributed by atoms with E-state index in [0.717, 1.165) is 0 Å². The van der Waals surface area contributed by atoms with Crippen molar-refractivity contribution in [3.63, 3.8) is 0 Å². The second-order valence-electron chi connectivity index (χ2n) is 2.96. The van der Waals surface area contributed by atoms with Crippen LogP contribution in [0.15, 0.2) is 30.5 Å². The minimum Gasteiger partial charge on any atom is -0.497 e. The molecule has 0 saturated heterocycles. The summed E-state index contributed by atoms with van der Waals surface area (Å²) in [6, 6.07) is 6.93.